The Morgan fingerprint density at radius 2 is 2.04 bits per heavy atom. The second kappa shape index (κ2) is 8.05. The number of benzene rings is 1. The number of hydrogen-bond acceptors (Lipinski definition) is 3. The maximum atomic E-state index is 12.3. The fourth-order valence-corrected chi connectivity index (χ4v) is 3.64. The number of nitrogens with zero attached hydrogens (tertiary/aromatic N) is 2. The number of pyridine rings is 1. The van der Waals surface area contributed by atoms with Crippen LogP contribution in [-0.4, -0.2) is 29.1 Å². The van der Waals surface area contributed by atoms with Gasteiger partial charge in [0.05, 0.1) is 17.6 Å². The van der Waals surface area contributed by atoms with Crippen LogP contribution in [0.5, 0.6) is 0 Å². The lowest BCUT2D eigenvalue weighted by molar-refractivity contribution is 0.262. The van der Waals surface area contributed by atoms with Crippen LogP contribution in [0.4, 0.5) is 22.0 Å². The van der Waals surface area contributed by atoms with Gasteiger partial charge in [-0.05, 0) is 37.0 Å². The Balaban J connectivity index is 1.34. The van der Waals surface area contributed by atoms with Crippen LogP contribution in [0.15, 0.2) is 48.8 Å². The van der Waals surface area contributed by atoms with Gasteiger partial charge in [-0.3, -0.25) is 0 Å². The van der Waals surface area contributed by atoms with Crippen molar-refractivity contribution in [2.75, 3.05) is 28.6 Å². The average Bonchev–Trinajstić information content (AvgIpc) is 3.12. The van der Waals surface area contributed by atoms with Crippen LogP contribution in [0.3, 0.4) is 0 Å². The van der Waals surface area contributed by atoms with Crippen LogP contribution >= 0.6 is 0 Å². The lowest BCUT2D eigenvalue weighted by atomic mass is 9.94. The van der Waals surface area contributed by atoms with Crippen molar-refractivity contribution in [1.82, 2.24) is 9.97 Å². The first-order valence-electron chi connectivity index (χ1n) is 9.51. The summed E-state index contributed by atoms with van der Waals surface area (Å²) in [5.41, 5.74) is 2.38. The van der Waals surface area contributed by atoms with Crippen molar-refractivity contribution < 1.29 is 4.79 Å². The van der Waals surface area contributed by atoms with Crippen molar-refractivity contribution in [3.63, 3.8) is 0 Å². The number of rotatable bonds is 4. The van der Waals surface area contributed by atoms with Crippen LogP contribution in [0.25, 0.3) is 10.9 Å². The molecule has 3 heterocycles. The number of H-pyrrole nitrogens is 1. The Kier molecular flexibility index (Phi) is 5.16. The number of nitrogens with one attached hydrogen (secondary N) is 3. The number of urea groups is 1. The molecule has 1 aromatic carbocycles. The smallest absolute Gasteiger partial charge is 0.323 e. The molecule has 0 atom stereocenters. The summed E-state index contributed by atoms with van der Waals surface area (Å²) in [6.07, 6.45) is 11.9. The number of carbonyl (C=O) groups excluding carboxylic acids is 1. The zero-order valence-electron chi connectivity index (χ0n) is 15.6. The summed E-state index contributed by atoms with van der Waals surface area (Å²) in [7, 11) is 0. The number of piperidine rings is 1. The van der Waals surface area contributed by atoms with E-state index in [0.717, 1.165) is 54.8 Å². The standard InChI is InChI=1S/C22H23N5O/c1-2-5-16-10-12-27(13-11-16)21-9-8-17(14-24-21)25-22(28)26-20-15-23-19-7-4-3-6-18(19)20/h1,3-4,6-9,14-16,23H,5,10-13H2,(H2,25,26,28). The van der Waals surface area contributed by atoms with E-state index in [-0.39, 0.29) is 6.03 Å². The van der Waals surface area contributed by atoms with E-state index in [9.17, 15) is 4.79 Å². The first kappa shape index (κ1) is 17.9. The summed E-state index contributed by atoms with van der Waals surface area (Å²) in [4.78, 5) is 22.2. The summed E-state index contributed by atoms with van der Waals surface area (Å²) in [6.45, 7) is 1.93. The van der Waals surface area contributed by atoms with Gasteiger partial charge in [-0.15, -0.1) is 12.3 Å². The number of aromatic nitrogens is 2. The van der Waals surface area contributed by atoms with Gasteiger partial charge in [-0.25, -0.2) is 9.78 Å². The third-order valence-corrected chi connectivity index (χ3v) is 5.19. The Morgan fingerprint density at radius 1 is 1.21 bits per heavy atom. The molecule has 6 heteroatoms. The van der Waals surface area contributed by atoms with E-state index < -0.39 is 0 Å². The number of fused-ring (bicyclic) bond motifs is 1. The quantitative estimate of drug-likeness (QED) is 0.592. The SMILES string of the molecule is C#CCC1CCN(c2ccc(NC(=O)Nc3c[nH]c4ccccc34)cn2)CC1. The molecule has 6 nitrogen and oxygen atoms in total. The van der Waals surface area contributed by atoms with Crippen LogP contribution < -0.4 is 15.5 Å². The van der Waals surface area contributed by atoms with Gasteiger partial charge < -0.3 is 20.5 Å². The second-order valence-electron chi connectivity index (χ2n) is 7.07. The molecule has 1 aliphatic rings. The number of hydrogen-bond donors (Lipinski definition) is 3. The number of anilines is 3. The lowest BCUT2D eigenvalue weighted by Crippen LogP contribution is -2.34. The molecule has 2 aromatic heterocycles. The molecule has 0 unspecified atom stereocenters. The molecule has 0 bridgehead atoms. The van der Waals surface area contributed by atoms with Crippen LogP contribution in [-0.2, 0) is 0 Å². The van der Waals surface area contributed by atoms with Gasteiger partial charge in [-0.2, -0.15) is 0 Å². The summed E-state index contributed by atoms with van der Waals surface area (Å²) in [5.74, 6) is 4.31. The highest BCUT2D eigenvalue weighted by atomic mass is 16.2. The second-order valence-corrected chi connectivity index (χ2v) is 7.07. The molecule has 0 radical (unpaired) electrons. The molecular weight excluding hydrogens is 350 g/mol. The van der Waals surface area contributed by atoms with Gasteiger partial charge in [0.2, 0.25) is 0 Å². The van der Waals surface area contributed by atoms with Crippen molar-refractivity contribution in [2.45, 2.75) is 19.3 Å². The molecule has 3 aromatic rings. The van der Waals surface area contributed by atoms with Gasteiger partial charge in [0.1, 0.15) is 5.82 Å². The third kappa shape index (κ3) is 3.94. The zero-order chi connectivity index (χ0) is 19.3. The molecule has 1 aliphatic heterocycles. The van der Waals surface area contributed by atoms with E-state index in [2.05, 4.69) is 31.4 Å². The van der Waals surface area contributed by atoms with Gasteiger partial charge in [-0.1, -0.05) is 18.2 Å². The lowest BCUT2D eigenvalue weighted by Gasteiger charge is -2.32. The first-order chi connectivity index (χ1) is 13.7. The van der Waals surface area contributed by atoms with E-state index >= 15 is 0 Å². The number of carbonyl (C=O) groups is 1. The number of terminal acetylenes is 1. The van der Waals surface area contributed by atoms with Crippen LogP contribution in [0, 0.1) is 18.3 Å². The molecule has 2 amide bonds. The molecule has 4 rings (SSSR count). The van der Waals surface area contributed by atoms with Crippen LogP contribution in [0.1, 0.15) is 19.3 Å². The van der Waals surface area contributed by atoms with Crippen molar-refractivity contribution in [2.24, 2.45) is 5.92 Å². The summed E-state index contributed by atoms with van der Waals surface area (Å²) in [5, 5.41) is 6.68. The topological polar surface area (TPSA) is 73.1 Å². The molecular formula is C22H23N5O. The fourth-order valence-electron chi connectivity index (χ4n) is 3.64. The van der Waals surface area contributed by atoms with E-state index in [1.807, 2.05) is 36.4 Å². The molecule has 1 saturated heterocycles. The molecule has 142 valence electrons. The fraction of sp³-hybridized carbons (Fsp3) is 0.273. The maximum Gasteiger partial charge on any atom is 0.323 e. The molecule has 1 fully saturated rings. The van der Waals surface area contributed by atoms with E-state index in [1.54, 1.807) is 12.4 Å². The minimum atomic E-state index is -0.297. The molecule has 0 spiro atoms. The summed E-state index contributed by atoms with van der Waals surface area (Å²) < 4.78 is 0. The van der Waals surface area contributed by atoms with Crippen molar-refractivity contribution in [3.8, 4) is 12.3 Å². The molecule has 28 heavy (non-hydrogen) atoms. The highest BCUT2D eigenvalue weighted by Gasteiger charge is 2.19. The van der Waals surface area contributed by atoms with Gasteiger partial charge >= 0.3 is 6.03 Å². The van der Waals surface area contributed by atoms with Crippen molar-refractivity contribution >= 4 is 34.1 Å². The average molecular weight is 373 g/mol. The summed E-state index contributed by atoms with van der Waals surface area (Å²) in [6, 6.07) is 11.4. The number of aromatic amines is 1. The molecule has 3 N–H and O–H groups in total. The predicted molar refractivity (Wildman–Crippen MR) is 114 cm³/mol. The Bertz CT molecular complexity index is 994. The van der Waals surface area contributed by atoms with Gasteiger partial charge in [0, 0.05) is 36.6 Å². The van der Waals surface area contributed by atoms with E-state index in [4.69, 9.17) is 6.42 Å². The first-order valence-corrected chi connectivity index (χ1v) is 9.51. The van der Waals surface area contributed by atoms with Crippen molar-refractivity contribution in [1.29, 1.82) is 0 Å². The van der Waals surface area contributed by atoms with Gasteiger partial charge in [0.25, 0.3) is 0 Å². The molecule has 0 saturated carbocycles. The van der Waals surface area contributed by atoms with Crippen LogP contribution in [0.2, 0.25) is 0 Å². The number of para-hydroxylation sites is 1. The van der Waals surface area contributed by atoms with E-state index in [0.29, 0.717) is 11.6 Å². The number of amides is 2. The highest BCUT2D eigenvalue weighted by molar-refractivity contribution is 6.05. The largest absolute Gasteiger partial charge is 0.359 e. The minimum absolute atomic E-state index is 0.297. The molecule has 0 aliphatic carbocycles. The Morgan fingerprint density at radius 3 is 2.79 bits per heavy atom. The van der Waals surface area contributed by atoms with Gasteiger partial charge in [0.15, 0.2) is 0 Å². The summed E-state index contributed by atoms with van der Waals surface area (Å²) >= 11 is 0. The predicted octanol–water partition coefficient (Wildman–Crippen LogP) is 4.45. The highest BCUT2D eigenvalue weighted by Crippen LogP contribution is 2.25. The monoisotopic (exact) mass is 373 g/mol. The zero-order valence-corrected chi connectivity index (χ0v) is 15.6. The Labute approximate surface area is 164 Å². The maximum absolute atomic E-state index is 12.3. The minimum Gasteiger partial charge on any atom is -0.359 e. The van der Waals surface area contributed by atoms with Crippen molar-refractivity contribution in [3.05, 3.63) is 48.8 Å². The Hall–Kier alpha value is -3.46. The normalized spacial score (nSPS) is 14.6. The third-order valence-electron chi connectivity index (χ3n) is 5.19. The van der Waals surface area contributed by atoms with E-state index in [1.165, 1.54) is 0 Å².